The number of piperidine rings is 1. The van der Waals surface area contributed by atoms with Crippen LogP contribution in [0.25, 0.3) is 10.9 Å². The molecule has 0 atom stereocenters. The van der Waals surface area contributed by atoms with Gasteiger partial charge in [0.1, 0.15) is 11.6 Å². The number of hydrogen-bond acceptors (Lipinski definition) is 4. The van der Waals surface area contributed by atoms with Gasteiger partial charge in [-0.1, -0.05) is 6.92 Å². The summed E-state index contributed by atoms with van der Waals surface area (Å²) in [5.41, 5.74) is 2.51. The van der Waals surface area contributed by atoms with Gasteiger partial charge in [0.05, 0.1) is 12.1 Å². The average molecular weight is 422 g/mol. The predicted molar refractivity (Wildman–Crippen MR) is 122 cm³/mol. The quantitative estimate of drug-likeness (QED) is 0.578. The lowest BCUT2D eigenvalue weighted by atomic mass is 9.77. The summed E-state index contributed by atoms with van der Waals surface area (Å²) in [6, 6.07) is 14.1. The van der Waals surface area contributed by atoms with Gasteiger partial charge in [0.15, 0.2) is 0 Å². The lowest BCUT2D eigenvalue weighted by Gasteiger charge is -2.40. The first-order valence-corrected chi connectivity index (χ1v) is 10.8. The van der Waals surface area contributed by atoms with Crippen molar-refractivity contribution < 1.29 is 13.9 Å². The topological polar surface area (TPSA) is 54.5 Å². The van der Waals surface area contributed by atoms with Gasteiger partial charge in [-0.2, -0.15) is 0 Å². The highest BCUT2D eigenvalue weighted by Crippen LogP contribution is 2.38. The van der Waals surface area contributed by atoms with Gasteiger partial charge in [0, 0.05) is 42.5 Å². The van der Waals surface area contributed by atoms with Crippen LogP contribution in [-0.2, 0) is 4.79 Å². The summed E-state index contributed by atoms with van der Waals surface area (Å²) in [6.45, 7) is 6.37. The molecule has 1 fully saturated rings. The molecule has 1 aromatic heterocycles. The number of pyridine rings is 1. The molecule has 2 aromatic carbocycles. The minimum atomic E-state index is -0.255. The zero-order valence-electron chi connectivity index (χ0n) is 18.0. The number of aromatic nitrogens is 1. The van der Waals surface area contributed by atoms with Crippen molar-refractivity contribution in [3.8, 4) is 5.75 Å². The Morgan fingerprint density at radius 2 is 1.90 bits per heavy atom. The summed E-state index contributed by atoms with van der Waals surface area (Å²) >= 11 is 0. The van der Waals surface area contributed by atoms with Crippen LogP contribution in [0, 0.1) is 11.2 Å². The van der Waals surface area contributed by atoms with E-state index in [0.29, 0.717) is 13.0 Å². The Morgan fingerprint density at radius 1 is 1.16 bits per heavy atom. The second-order valence-corrected chi connectivity index (χ2v) is 8.47. The fourth-order valence-corrected chi connectivity index (χ4v) is 4.24. The molecule has 31 heavy (non-hydrogen) atoms. The Balaban J connectivity index is 1.37. The van der Waals surface area contributed by atoms with Crippen molar-refractivity contribution in [2.75, 3.05) is 29.9 Å². The van der Waals surface area contributed by atoms with Crippen molar-refractivity contribution in [1.29, 1.82) is 0 Å². The smallest absolute Gasteiger partial charge is 0.224 e. The fourth-order valence-electron chi connectivity index (χ4n) is 4.24. The van der Waals surface area contributed by atoms with Crippen molar-refractivity contribution >= 4 is 28.2 Å². The molecule has 0 radical (unpaired) electrons. The van der Waals surface area contributed by atoms with Crippen LogP contribution >= 0.6 is 0 Å². The average Bonchev–Trinajstić information content (AvgIpc) is 2.75. The van der Waals surface area contributed by atoms with E-state index in [4.69, 9.17) is 4.74 Å². The Hall–Kier alpha value is -3.15. The summed E-state index contributed by atoms with van der Waals surface area (Å²) in [5.74, 6) is 0.564. The SMILES string of the molecule is CCOc1ccc(NC(=O)CC2(C)CCN(c3ccnc4ccc(F)cc34)CC2)cc1. The maximum Gasteiger partial charge on any atom is 0.224 e. The van der Waals surface area contributed by atoms with E-state index >= 15 is 0 Å². The van der Waals surface area contributed by atoms with Crippen molar-refractivity contribution in [2.24, 2.45) is 5.41 Å². The van der Waals surface area contributed by atoms with Crippen LogP contribution in [0.5, 0.6) is 5.75 Å². The monoisotopic (exact) mass is 421 g/mol. The molecule has 5 nitrogen and oxygen atoms in total. The molecule has 4 rings (SSSR count). The molecule has 2 heterocycles. The highest BCUT2D eigenvalue weighted by molar-refractivity contribution is 5.92. The summed E-state index contributed by atoms with van der Waals surface area (Å²) < 4.78 is 19.2. The van der Waals surface area contributed by atoms with Crippen molar-refractivity contribution in [1.82, 2.24) is 4.98 Å². The van der Waals surface area contributed by atoms with Gasteiger partial charge in [0.25, 0.3) is 0 Å². The highest BCUT2D eigenvalue weighted by atomic mass is 19.1. The second kappa shape index (κ2) is 8.92. The van der Waals surface area contributed by atoms with E-state index in [1.54, 1.807) is 18.3 Å². The third-order valence-corrected chi connectivity index (χ3v) is 6.03. The molecule has 1 aliphatic rings. The van der Waals surface area contributed by atoms with Crippen LogP contribution in [-0.4, -0.2) is 30.6 Å². The zero-order chi connectivity index (χ0) is 21.8. The number of ether oxygens (including phenoxy) is 1. The number of hydrogen-bond donors (Lipinski definition) is 1. The molecule has 0 spiro atoms. The highest BCUT2D eigenvalue weighted by Gasteiger charge is 2.32. The van der Waals surface area contributed by atoms with Gasteiger partial charge in [-0.05, 0) is 73.7 Å². The van der Waals surface area contributed by atoms with E-state index < -0.39 is 0 Å². The van der Waals surface area contributed by atoms with E-state index in [2.05, 4.69) is 22.1 Å². The van der Waals surface area contributed by atoms with Crippen LogP contribution in [0.4, 0.5) is 15.8 Å². The van der Waals surface area contributed by atoms with Gasteiger partial charge in [-0.3, -0.25) is 9.78 Å². The molecule has 1 aliphatic heterocycles. The number of anilines is 2. The van der Waals surface area contributed by atoms with Crippen molar-refractivity contribution in [2.45, 2.75) is 33.1 Å². The Kier molecular flexibility index (Phi) is 6.07. The Labute approximate surface area is 182 Å². The molecule has 1 amide bonds. The van der Waals surface area contributed by atoms with Crippen molar-refractivity contribution in [3.05, 3.63) is 60.5 Å². The van der Waals surface area contributed by atoms with Gasteiger partial charge < -0.3 is 15.0 Å². The summed E-state index contributed by atoms with van der Waals surface area (Å²) in [7, 11) is 0. The molecule has 162 valence electrons. The number of nitrogens with one attached hydrogen (secondary N) is 1. The number of halogens is 1. The van der Waals surface area contributed by atoms with Crippen LogP contribution < -0.4 is 15.0 Å². The predicted octanol–water partition coefficient (Wildman–Crippen LogP) is 5.41. The molecule has 0 bridgehead atoms. The van der Waals surface area contributed by atoms with Gasteiger partial charge in [-0.25, -0.2) is 4.39 Å². The minimum Gasteiger partial charge on any atom is -0.494 e. The van der Waals surface area contributed by atoms with Crippen LogP contribution in [0.15, 0.2) is 54.7 Å². The first kappa shape index (κ1) is 21.1. The molecule has 1 saturated heterocycles. The van der Waals surface area contributed by atoms with E-state index in [9.17, 15) is 9.18 Å². The first-order chi connectivity index (χ1) is 15.0. The van der Waals surface area contributed by atoms with Gasteiger partial charge >= 0.3 is 0 Å². The molecule has 0 saturated carbocycles. The van der Waals surface area contributed by atoms with E-state index in [0.717, 1.165) is 54.0 Å². The third-order valence-electron chi connectivity index (χ3n) is 6.03. The first-order valence-electron chi connectivity index (χ1n) is 10.8. The molecule has 6 heteroatoms. The summed E-state index contributed by atoms with van der Waals surface area (Å²) in [4.78, 5) is 19.3. The Morgan fingerprint density at radius 3 is 2.61 bits per heavy atom. The lowest BCUT2D eigenvalue weighted by molar-refractivity contribution is -0.118. The van der Waals surface area contributed by atoms with E-state index in [1.165, 1.54) is 6.07 Å². The zero-order valence-corrected chi connectivity index (χ0v) is 18.0. The number of nitrogens with zero attached hydrogens (tertiary/aromatic N) is 2. The standard InChI is InChI=1S/C25H28FN3O2/c1-3-31-20-7-5-19(6-8-20)28-24(30)17-25(2)11-14-29(15-12-25)23-10-13-27-22-9-4-18(26)16-21(22)23/h4-10,13,16H,3,11-12,14-15,17H2,1-2H3,(H,28,30). The summed E-state index contributed by atoms with van der Waals surface area (Å²) in [6.07, 6.45) is 4.03. The molecule has 3 aromatic rings. The molecule has 0 aliphatic carbocycles. The number of amides is 1. The summed E-state index contributed by atoms with van der Waals surface area (Å²) in [5, 5.41) is 3.83. The lowest BCUT2D eigenvalue weighted by Crippen LogP contribution is -2.40. The molecular formula is C25H28FN3O2. The van der Waals surface area contributed by atoms with Gasteiger partial charge in [0.2, 0.25) is 5.91 Å². The van der Waals surface area contributed by atoms with E-state index in [-0.39, 0.29) is 17.1 Å². The number of benzene rings is 2. The molecule has 0 unspecified atom stereocenters. The number of rotatable bonds is 6. The molecule has 1 N–H and O–H groups in total. The van der Waals surface area contributed by atoms with E-state index in [1.807, 2.05) is 37.3 Å². The minimum absolute atomic E-state index is 0.0246. The largest absolute Gasteiger partial charge is 0.494 e. The van der Waals surface area contributed by atoms with Crippen molar-refractivity contribution in [3.63, 3.8) is 0 Å². The van der Waals surface area contributed by atoms with Gasteiger partial charge in [-0.15, -0.1) is 0 Å². The maximum atomic E-state index is 13.8. The normalized spacial score (nSPS) is 15.6. The number of fused-ring (bicyclic) bond motifs is 1. The van der Waals surface area contributed by atoms with Crippen LogP contribution in [0.1, 0.15) is 33.1 Å². The second-order valence-electron chi connectivity index (χ2n) is 8.47. The maximum absolute atomic E-state index is 13.8. The number of carbonyl (C=O) groups excluding carboxylic acids is 1. The Bertz CT molecular complexity index is 1060. The number of carbonyl (C=O) groups is 1. The third kappa shape index (κ3) is 4.95. The molecular weight excluding hydrogens is 393 g/mol. The fraction of sp³-hybridized carbons (Fsp3) is 0.360. The van der Waals surface area contributed by atoms with Crippen LogP contribution in [0.2, 0.25) is 0 Å². The van der Waals surface area contributed by atoms with Crippen LogP contribution in [0.3, 0.4) is 0 Å².